The molecule has 0 aliphatic heterocycles. The molecule has 0 saturated heterocycles. The van der Waals surface area contributed by atoms with Gasteiger partial charge in [0.2, 0.25) is 0 Å². The van der Waals surface area contributed by atoms with Crippen LogP contribution in [0.1, 0.15) is 22.3 Å². The average molecular weight is 786 g/mol. The Morgan fingerprint density at radius 1 is 0.579 bits per heavy atom. The van der Waals surface area contributed by atoms with Crippen LogP contribution in [0.25, 0.3) is 17.2 Å². The average Bonchev–Trinajstić information content (AvgIpc) is 2.91. The Hall–Kier alpha value is -1.58. The molecule has 0 saturated carbocycles. The van der Waals surface area contributed by atoms with Gasteiger partial charge in [-0.25, -0.2) is 0 Å². The maximum atomic E-state index is 3.39. The molecule has 0 aromatic heterocycles. The van der Waals surface area contributed by atoms with Crippen molar-refractivity contribution in [3.8, 4) is 0 Å². The van der Waals surface area contributed by atoms with E-state index in [1.165, 1.54) is 22.3 Å². The standard InChI is InChI=1S/C20H12.2C6H5.4ClH.2Sn/c1-3-11-17-15(7-1)9-5-13-19(17)20-14-6-10-16-8-2-4-12-18(16)20;2*1-2-4-6-5-3-1;;;;;;/h1-12H;2*1-5H;4*1H;;/q;;;;;;;2*+2/p-4. The summed E-state index contributed by atoms with van der Waals surface area (Å²) in [6, 6.07) is 41.9. The molecule has 0 spiro atoms. The molecule has 6 radical (unpaired) electrons. The molecule has 186 valence electrons. The summed E-state index contributed by atoms with van der Waals surface area (Å²) in [5, 5.41) is 0. The van der Waals surface area contributed by atoms with Gasteiger partial charge < -0.3 is 49.6 Å². The van der Waals surface area contributed by atoms with Crippen LogP contribution >= 0.6 is 0 Å². The van der Waals surface area contributed by atoms with Gasteiger partial charge in [-0.3, -0.25) is 0 Å². The second kappa shape index (κ2) is 23.3. The van der Waals surface area contributed by atoms with Crippen molar-refractivity contribution in [1.29, 1.82) is 0 Å². The van der Waals surface area contributed by atoms with Crippen molar-refractivity contribution >= 4 is 65.0 Å². The van der Waals surface area contributed by atoms with E-state index in [1.807, 2.05) is 72.8 Å². The SMILES string of the molecule is C1=C[CH-]c2ccccc2C=1C1=[C+]C=Cc2ccccc21.[Cl-].[Cl-].[Cl-].[Cl-].[Sn+2].[Sn+2].[c]1ccccc1.[c]1ccccc1. The summed E-state index contributed by atoms with van der Waals surface area (Å²) in [4.78, 5) is 0. The van der Waals surface area contributed by atoms with Gasteiger partial charge in [-0.2, -0.15) is 5.73 Å². The summed E-state index contributed by atoms with van der Waals surface area (Å²) in [5.74, 6) is 0. The molecular weight excluding hydrogens is 764 g/mol. The molecule has 2 aliphatic carbocycles. The van der Waals surface area contributed by atoms with Crippen molar-refractivity contribution in [3.05, 3.63) is 174 Å². The maximum Gasteiger partial charge on any atom is 2.00 e. The van der Waals surface area contributed by atoms with Gasteiger partial charge >= 0.3 is 47.8 Å². The third kappa shape index (κ3) is 12.1. The van der Waals surface area contributed by atoms with E-state index in [2.05, 4.69) is 85.0 Å². The van der Waals surface area contributed by atoms with Gasteiger partial charge in [-0.1, -0.05) is 90.5 Å². The Kier molecular flexibility index (Phi) is 25.1. The topological polar surface area (TPSA) is 0 Å². The Bertz CT molecular complexity index is 1200. The van der Waals surface area contributed by atoms with Crippen molar-refractivity contribution in [2.45, 2.75) is 0 Å². The monoisotopic (exact) mass is 786 g/mol. The predicted molar refractivity (Wildman–Crippen MR) is 146 cm³/mol. The van der Waals surface area contributed by atoms with E-state index in [0.29, 0.717) is 0 Å². The first-order chi connectivity index (χ1) is 15.9. The first-order valence-corrected chi connectivity index (χ1v) is 10.5. The van der Waals surface area contributed by atoms with Crippen molar-refractivity contribution in [1.82, 2.24) is 0 Å². The molecule has 0 nitrogen and oxygen atoms in total. The molecule has 38 heavy (non-hydrogen) atoms. The molecule has 0 N–H and O–H groups in total. The molecule has 0 fully saturated rings. The Morgan fingerprint density at radius 2 is 1.11 bits per heavy atom. The molecule has 6 rings (SSSR count). The van der Waals surface area contributed by atoms with E-state index in [0.717, 1.165) is 11.1 Å². The number of hydrogen-bond donors (Lipinski definition) is 0. The fourth-order valence-electron chi connectivity index (χ4n) is 3.42. The van der Waals surface area contributed by atoms with Crippen molar-refractivity contribution in [2.24, 2.45) is 0 Å². The van der Waals surface area contributed by atoms with Gasteiger partial charge in [-0.05, 0) is 24.3 Å². The quantitative estimate of drug-likeness (QED) is 0.103. The van der Waals surface area contributed by atoms with Crippen LogP contribution in [-0.4, -0.2) is 47.8 Å². The van der Waals surface area contributed by atoms with E-state index in [4.69, 9.17) is 0 Å². The molecule has 4 aromatic carbocycles. The summed E-state index contributed by atoms with van der Waals surface area (Å²) in [6.07, 6.45) is 11.6. The molecule has 0 amide bonds. The van der Waals surface area contributed by atoms with E-state index in [9.17, 15) is 0 Å². The summed E-state index contributed by atoms with van der Waals surface area (Å²) in [7, 11) is 0. The molecule has 4 aromatic rings. The van der Waals surface area contributed by atoms with Crippen molar-refractivity contribution < 1.29 is 49.6 Å². The van der Waals surface area contributed by atoms with Crippen LogP contribution in [0, 0.1) is 24.6 Å². The van der Waals surface area contributed by atoms with Crippen molar-refractivity contribution in [3.63, 3.8) is 0 Å². The van der Waals surface area contributed by atoms with Gasteiger partial charge in [0.15, 0.2) is 5.57 Å². The minimum Gasteiger partial charge on any atom is -1.00 e. The van der Waals surface area contributed by atoms with E-state index in [-0.39, 0.29) is 97.4 Å². The zero-order valence-corrected chi connectivity index (χ0v) is 28.9. The minimum absolute atomic E-state index is 0. The first kappa shape index (κ1) is 40.9. The number of benzene rings is 4. The summed E-state index contributed by atoms with van der Waals surface area (Å²) in [6.45, 7) is 0. The third-order valence-electron chi connectivity index (χ3n) is 4.91. The largest absolute Gasteiger partial charge is 2.00 e. The number of rotatable bonds is 1. The van der Waals surface area contributed by atoms with Gasteiger partial charge in [0, 0.05) is 17.7 Å². The van der Waals surface area contributed by atoms with Gasteiger partial charge in [-0.15, -0.1) is 30.2 Å². The van der Waals surface area contributed by atoms with Crippen LogP contribution in [-0.2, 0) is 0 Å². The molecule has 0 bridgehead atoms. The second-order valence-corrected chi connectivity index (χ2v) is 7.03. The molecular formula is C32H22Cl4Sn2. The second-order valence-electron chi connectivity index (χ2n) is 7.03. The van der Waals surface area contributed by atoms with Gasteiger partial charge in [0.25, 0.3) is 0 Å². The Balaban J connectivity index is -0.000000578. The van der Waals surface area contributed by atoms with Gasteiger partial charge in [0.1, 0.15) is 0 Å². The molecule has 0 atom stereocenters. The van der Waals surface area contributed by atoms with Crippen LogP contribution in [0.3, 0.4) is 0 Å². The minimum atomic E-state index is 0. The molecule has 2 aliphatic rings. The predicted octanol–water partition coefficient (Wildman–Crippen LogP) is -5.07. The molecule has 6 heteroatoms. The Morgan fingerprint density at radius 3 is 1.63 bits per heavy atom. The number of halogens is 4. The zero-order valence-electron chi connectivity index (χ0n) is 20.2. The van der Waals surface area contributed by atoms with E-state index in [1.54, 1.807) is 0 Å². The van der Waals surface area contributed by atoms with Crippen LogP contribution in [0.5, 0.6) is 0 Å². The van der Waals surface area contributed by atoms with E-state index >= 15 is 0 Å². The number of allylic oxidation sites excluding steroid dienone is 4. The summed E-state index contributed by atoms with van der Waals surface area (Å²) < 4.78 is 0. The molecule has 0 heterocycles. The smallest absolute Gasteiger partial charge is 1.00 e. The first-order valence-electron chi connectivity index (χ1n) is 10.5. The van der Waals surface area contributed by atoms with Crippen LogP contribution in [0.4, 0.5) is 0 Å². The number of hydrogen-bond acceptors (Lipinski definition) is 0. The number of fused-ring (bicyclic) bond motifs is 2. The molecule has 0 unspecified atom stereocenters. The maximum absolute atomic E-state index is 3.39. The Labute approximate surface area is 286 Å². The zero-order chi connectivity index (χ0) is 21.8. The van der Waals surface area contributed by atoms with E-state index < -0.39 is 0 Å². The third-order valence-corrected chi connectivity index (χ3v) is 4.91. The van der Waals surface area contributed by atoms with Crippen LogP contribution < -0.4 is 49.6 Å². The van der Waals surface area contributed by atoms with Crippen molar-refractivity contribution in [2.75, 3.05) is 0 Å². The van der Waals surface area contributed by atoms with Gasteiger partial charge in [0.05, 0.1) is 17.2 Å². The fraction of sp³-hybridized carbons (Fsp3) is 0. The van der Waals surface area contributed by atoms with Crippen LogP contribution in [0.15, 0.2) is 127 Å². The fourth-order valence-corrected chi connectivity index (χ4v) is 3.42. The summed E-state index contributed by atoms with van der Waals surface area (Å²) >= 11 is 0. The van der Waals surface area contributed by atoms with Crippen LogP contribution in [0.2, 0.25) is 0 Å². The normalized spacial score (nSPS) is 10.1. The summed E-state index contributed by atoms with van der Waals surface area (Å²) in [5.41, 5.74) is 10.6.